The summed E-state index contributed by atoms with van der Waals surface area (Å²) in [5.74, 6) is -0.442. The summed E-state index contributed by atoms with van der Waals surface area (Å²) in [6.07, 6.45) is 2.59. The van der Waals surface area contributed by atoms with E-state index in [2.05, 4.69) is 0 Å². The number of ether oxygens (including phenoxy) is 1. The van der Waals surface area contributed by atoms with Gasteiger partial charge < -0.3 is 4.74 Å². The number of hydrogen-bond acceptors (Lipinski definition) is 4. The molecule has 1 heterocycles. The van der Waals surface area contributed by atoms with E-state index in [9.17, 15) is 14.9 Å². The van der Waals surface area contributed by atoms with Crippen molar-refractivity contribution < 1.29 is 14.5 Å². The summed E-state index contributed by atoms with van der Waals surface area (Å²) in [6.45, 7) is 5.20. The van der Waals surface area contributed by atoms with Crippen LogP contribution >= 0.6 is 11.6 Å². The Morgan fingerprint density at radius 2 is 2.13 bits per heavy atom. The van der Waals surface area contributed by atoms with E-state index in [1.807, 2.05) is 0 Å². The van der Waals surface area contributed by atoms with Gasteiger partial charge in [0.15, 0.2) is 0 Å². The summed E-state index contributed by atoms with van der Waals surface area (Å²) in [5.41, 5.74) is 0.0954. The van der Waals surface area contributed by atoms with Crippen LogP contribution in [-0.2, 0) is 4.74 Å². The average molecular weight is 339 g/mol. The van der Waals surface area contributed by atoms with Gasteiger partial charge in [-0.3, -0.25) is 15.0 Å². The van der Waals surface area contributed by atoms with E-state index in [0.717, 1.165) is 5.56 Å². The van der Waals surface area contributed by atoms with E-state index in [1.54, 1.807) is 57.3 Å². The minimum absolute atomic E-state index is 0.0460. The molecule has 6 nitrogen and oxygen atoms in total. The summed E-state index contributed by atoms with van der Waals surface area (Å²) in [4.78, 5) is 24.4. The van der Waals surface area contributed by atoms with E-state index < -0.39 is 23.7 Å². The minimum Gasteiger partial charge on any atom is -0.443 e. The summed E-state index contributed by atoms with van der Waals surface area (Å²) >= 11 is 5.96. The predicted molar refractivity (Wildman–Crippen MR) is 87.1 cm³/mol. The van der Waals surface area contributed by atoms with Crippen molar-refractivity contribution in [3.63, 3.8) is 0 Å². The third-order valence-electron chi connectivity index (χ3n) is 3.40. The van der Waals surface area contributed by atoms with Crippen molar-refractivity contribution in [2.24, 2.45) is 0 Å². The van der Waals surface area contributed by atoms with Gasteiger partial charge in [0.05, 0.1) is 12.5 Å². The fourth-order valence-corrected chi connectivity index (χ4v) is 2.60. The molecule has 2 rings (SSSR count). The normalized spacial score (nSPS) is 21.1. The third kappa shape index (κ3) is 4.45. The number of nitrogens with zero attached hydrogens (tertiary/aromatic N) is 2. The van der Waals surface area contributed by atoms with Gasteiger partial charge >= 0.3 is 6.09 Å². The molecule has 1 aliphatic heterocycles. The van der Waals surface area contributed by atoms with Gasteiger partial charge in [-0.2, -0.15) is 0 Å². The Hall–Kier alpha value is -2.08. The number of benzene rings is 1. The van der Waals surface area contributed by atoms with Crippen LogP contribution in [0.5, 0.6) is 0 Å². The number of rotatable bonds is 2. The zero-order valence-corrected chi connectivity index (χ0v) is 14.0. The molecule has 0 fully saturated rings. The first kappa shape index (κ1) is 17.3. The summed E-state index contributed by atoms with van der Waals surface area (Å²) in [5, 5.41) is 12.0. The molecule has 124 valence electrons. The molecule has 0 aromatic heterocycles. The monoisotopic (exact) mass is 338 g/mol. The Morgan fingerprint density at radius 1 is 1.43 bits per heavy atom. The van der Waals surface area contributed by atoms with Crippen molar-refractivity contribution in [3.8, 4) is 0 Å². The summed E-state index contributed by atoms with van der Waals surface area (Å²) in [7, 11) is 0. The lowest BCUT2D eigenvalue weighted by molar-refractivity contribution is -0.525. The lowest BCUT2D eigenvalue weighted by Crippen LogP contribution is -2.45. The number of hydrogen-bond donors (Lipinski definition) is 0. The Kier molecular flexibility index (Phi) is 4.94. The molecule has 1 aromatic carbocycles. The Labute approximate surface area is 139 Å². The maximum absolute atomic E-state index is 12.1. The molecule has 0 radical (unpaired) electrons. The van der Waals surface area contributed by atoms with Crippen LogP contribution in [0, 0.1) is 10.1 Å². The van der Waals surface area contributed by atoms with Crippen LogP contribution in [0.15, 0.2) is 36.5 Å². The van der Waals surface area contributed by atoms with E-state index >= 15 is 0 Å². The van der Waals surface area contributed by atoms with Crippen molar-refractivity contribution in [1.29, 1.82) is 0 Å². The third-order valence-corrected chi connectivity index (χ3v) is 3.64. The first-order valence-corrected chi connectivity index (χ1v) is 7.62. The fourth-order valence-electron chi connectivity index (χ4n) is 2.40. The van der Waals surface area contributed by atoms with Gasteiger partial charge in [0.25, 0.3) is 0 Å². The second kappa shape index (κ2) is 6.58. The zero-order valence-electron chi connectivity index (χ0n) is 13.2. The van der Waals surface area contributed by atoms with Crippen molar-refractivity contribution in [1.82, 2.24) is 4.90 Å². The standard InChI is InChI=1S/C16H19ClN2O4/c1-16(2,3)23-15(20)18-8-7-13(14(10-18)19(21)22)11-5-4-6-12(17)9-11/h4-9,13-14H,10H2,1-3H3/t13-,14+/m0/s1. The zero-order chi connectivity index (χ0) is 17.2. The quantitative estimate of drug-likeness (QED) is 0.606. The Balaban J connectivity index is 2.25. The average Bonchev–Trinajstić information content (AvgIpc) is 2.44. The smallest absolute Gasteiger partial charge is 0.414 e. The van der Waals surface area contributed by atoms with Gasteiger partial charge in [0.2, 0.25) is 6.04 Å². The van der Waals surface area contributed by atoms with E-state index in [1.165, 1.54) is 4.90 Å². The molecule has 0 saturated heterocycles. The second-order valence-corrected chi connectivity index (χ2v) is 6.84. The molecule has 7 heteroatoms. The first-order valence-electron chi connectivity index (χ1n) is 7.24. The number of halogens is 1. The number of carbonyl (C=O) groups excluding carboxylic acids is 1. The highest BCUT2D eigenvalue weighted by molar-refractivity contribution is 6.30. The minimum atomic E-state index is -0.953. The van der Waals surface area contributed by atoms with Crippen molar-refractivity contribution >= 4 is 17.7 Å². The lowest BCUT2D eigenvalue weighted by atomic mass is 9.89. The fraction of sp³-hybridized carbons (Fsp3) is 0.438. The summed E-state index contributed by atoms with van der Waals surface area (Å²) < 4.78 is 5.26. The van der Waals surface area contributed by atoms with Crippen molar-refractivity contribution in [2.75, 3.05) is 6.54 Å². The molecule has 0 aliphatic carbocycles. The first-order chi connectivity index (χ1) is 10.7. The van der Waals surface area contributed by atoms with Gasteiger partial charge in [-0.25, -0.2) is 4.79 Å². The number of nitro groups is 1. The lowest BCUT2D eigenvalue weighted by Gasteiger charge is -2.30. The maximum atomic E-state index is 12.1. The topological polar surface area (TPSA) is 72.7 Å². The largest absolute Gasteiger partial charge is 0.443 e. The molecule has 1 aromatic rings. The molecule has 0 saturated carbocycles. The van der Waals surface area contributed by atoms with Crippen LogP contribution in [0.3, 0.4) is 0 Å². The highest BCUT2D eigenvalue weighted by Crippen LogP contribution is 2.29. The van der Waals surface area contributed by atoms with E-state index in [4.69, 9.17) is 16.3 Å². The number of amides is 1. The van der Waals surface area contributed by atoms with Crippen LogP contribution in [-0.4, -0.2) is 34.1 Å². The van der Waals surface area contributed by atoms with Gasteiger partial charge in [-0.15, -0.1) is 0 Å². The summed E-state index contributed by atoms with van der Waals surface area (Å²) in [6, 6.07) is 6.01. The SMILES string of the molecule is CC(C)(C)OC(=O)N1C=C[C@@H](c2cccc(Cl)c2)[C@H]([N+](=O)[O-])C1. The van der Waals surface area contributed by atoms with Gasteiger partial charge in [-0.1, -0.05) is 29.8 Å². The van der Waals surface area contributed by atoms with Gasteiger partial charge in [0, 0.05) is 16.1 Å². The highest BCUT2D eigenvalue weighted by Gasteiger charge is 2.38. The highest BCUT2D eigenvalue weighted by atomic mass is 35.5. The molecule has 0 N–H and O–H groups in total. The van der Waals surface area contributed by atoms with Crippen LogP contribution in [0.1, 0.15) is 32.3 Å². The Bertz CT molecular complexity index is 639. The molecule has 0 spiro atoms. The van der Waals surface area contributed by atoms with Crippen molar-refractivity contribution in [2.45, 2.75) is 38.3 Å². The van der Waals surface area contributed by atoms with Crippen LogP contribution < -0.4 is 0 Å². The molecule has 0 bridgehead atoms. The molecule has 2 atom stereocenters. The van der Waals surface area contributed by atoms with Crippen LogP contribution in [0.25, 0.3) is 0 Å². The molecular formula is C16H19ClN2O4. The molecule has 1 aliphatic rings. The van der Waals surface area contributed by atoms with Crippen molar-refractivity contribution in [3.05, 3.63) is 57.2 Å². The van der Waals surface area contributed by atoms with Crippen LogP contribution in [0.4, 0.5) is 4.79 Å². The maximum Gasteiger partial charge on any atom is 0.414 e. The van der Waals surface area contributed by atoms with Gasteiger partial charge in [-0.05, 0) is 38.5 Å². The van der Waals surface area contributed by atoms with E-state index in [0.29, 0.717) is 5.02 Å². The molecule has 0 unspecified atom stereocenters. The number of carbonyl (C=O) groups is 1. The van der Waals surface area contributed by atoms with E-state index in [-0.39, 0.29) is 11.5 Å². The second-order valence-electron chi connectivity index (χ2n) is 6.41. The molecule has 23 heavy (non-hydrogen) atoms. The van der Waals surface area contributed by atoms with Crippen LogP contribution in [0.2, 0.25) is 5.02 Å². The predicted octanol–water partition coefficient (Wildman–Crippen LogP) is 3.83. The Morgan fingerprint density at radius 3 is 2.70 bits per heavy atom. The molecular weight excluding hydrogens is 320 g/mol. The van der Waals surface area contributed by atoms with Gasteiger partial charge in [0.1, 0.15) is 5.60 Å². The molecule has 1 amide bonds.